The van der Waals surface area contributed by atoms with Crippen molar-refractivity contribution in [3.8, 4) is 0 Å². The molecule has 0 aliphatic heterocycles. The second-order valence-corrected chi connectivity index (χ2v) is 10.8. The number of carbonyl (C=O) groups is 6. The standard InChI is InChI=1S/C32H44N6O8/c1-37(2)27(39)19-33-29(41)25(35-31(43)45-21-23-13-7-5-8-14-23)17-11-12-18-26(30(42)34-20-28(40)38(3)4)36-32(44)46-22-24-15-9-6-10-16-24/h5-10,13-16,25-26H,11-12,17-22H2,1-4H3,(H,33,41)(H,34,42)(H,35,43)(H,36,44). The van der Waals surface area contributed by atoms with E-state index < -0.39 is 36.1 Å². The third kappa shape index (κ3) is 14.6. The SMILES string of the molecule is CN(C)C(=O)CNC(=O)C(CCCCC(NC(=O)OCc1ccccc1)C(=O)NCC(=O)N(C)C)NC(=O)OCc1ccccc1. The van der Waals surface area contributed by atoms with Crippen LogP contribution in [0.2, 0.25) is 0 Å². The number of rotatable bonds is 17. The molecule has 46 heavy (non-hydrogen) atoms. The molecule has 0 aliphatic carbocycles. The van der Waals surface area contributed by atoms with Gasteiger partial charge in [0.05, 0.1) is 13.1 Å². The summed E-state index contributed by atoms with van der Waals surface area (Å²) in [5, 5.41) is 10.2. The first-order valence-electron chi connectivity index (χ1n) is 14.9. The monoisotopic (exact) mass is 640 g/mol. The summed E-state index contributed by atoms with van der Waals surface area (Å²) in [5.41, 5.74) is 1.53. The van der Waals surface area contributed by atoms with Crippen LogP contribution in [-0.4, -0.2) is 99.0 Å². The van der Waals surface area contributed by atoms with Crippen molar-refractivity contribution >= 4 is 35.8 Å². The highest BCUT2D eigenvalue weighted by atomic mass is 16.6. The van der Waals surface area contributed by atoms with E-state index in [9.17, 15) is 28.8 Å². The van der Waals surface area contributed by atoms with Gasteiger partial charge >= 0.3 is 12.2 Å². The Labute approximate surface area is 269 Å². The molecule has 0 bridgehead atoms. The largest absolute Gasteiger partial charge is 0.445 e. The second kappa shape index (κ2) is 20.0. The predicted molar refractivity (Wildman–Crippen MR) is 169 cm³/mol. The van der Waals surface area contributed by atoms with Crippen LogP contribution in [0.5, 0.6) is 0 Å². The Balaban J connectivity index is 2.00. The molecule has 0 saturated carbocycles. The number of hydrogen-bond acceptors (Lipinski definition) is 8. The number of nitrogens with zero attached hydrogens (tertiary/aromatic N) is 2. The quantitative estimate of drug-likeness (QED) is 0.188. The minimum absolute atomic E-state index is 0.000708. The van der Waals surface area contributed by atoms with Crippen LogP contribution in [0.15, 0.2) is 60.7 Å². The van der Waals surface area contributed by atoms with E-state index in [4.69, 9.17) is 9.47 Å². The predicted octanol–water partition coefficient (Wildman–Crippen LogP) is 1.55. The van der Waals surface area contributed by atoms with Crippen molar-refractivity contribution in [2.24, 2.45) is 0 Å². The van der Waals surface area contributed by atoms with Gasteiger partial charge in [0.2, 0.25) is 23.6 Å². The van der Waals surface area contributed by atoms with Gasteiger partial charge in [-0.3, -0.25) is 19.2 Å². The van der Waals surface area contributed by atoms with Gasteiger partial charge in [0.1, 0.15) is 25.3 Å². The van der Waals surface area contributed by atoms with E-state index in [0.717, 1.165) is 11.1 Å². The number of amides is 6. The van der Waals surface area contributed by atoms with Crippen molar-refractivity contribution < 1.29 is 38.2 Å². The lowest BCUT2D eigenvalue weighted by atomic mass is 10.0. The van der Waals surface area contributed by atoms with Crippen LogP contribution in [-0.2, 0) is 41.9 Å². The van der Waals surface area contributed by atoms with Gasteiger partial charge in [-0.25, -0.2) is 9.59 Å². The highest BCUT2D eigenvalue weighted by Gasteiger charge is 2.25. The van der Waals surface area contributed by atoms with E-state index in [0.29, 0.717) is 12.8 Å². The van der Waals surface area contributed by atoms with Crippen LogP contribution in [0.25, 0.3) is 0 Å². The average Bonchev–Trinajstić information content (AvgIpc) is 3.05. The molecule has 14 heteroatoms. The van der Waals surface area contributed by atoms with Gasteiger partial charge in [-0.1, -0.05) is 73.5 Å². The van der Waals surface area contributed by atoms with Crippen molar-refractivity contribution in [2.45, 2.75) is 51.0 Å². The number of ether oxygens (including phenoxy) is 2. The zero-order valence-electron chi connectivity index (χ0n) is 26.7. The van der Waals surface area contributed by atoms with Crippen molar-refractivity contribution in [2.75, 3.05) is 41.3 Å². The van der Waals surface area contributed by atoms with Crippen molar-refractivity contribution in [1.82, 2.24) is 31.1 Å². The van der Waals surface area contributed by atoms with Crippen molar-refractivity contribution in [1.29, 1.82) is 0 Å². The molecule has 2 unspecified atom stereocenters. The maximum Gasteiger partial charge on any atom is 0.408 e. The Morgan fingerprint density at radius 2 is 0.935 bits per heavy atom. The molecule has 0 spiro atoms. The summed E-state index contributed by atoms with van der Waals surface area (Å²) in [6, 6.07) is 16.0. The molecule has 0 fully saturated rings. The molecule has 14 nitrogen and oxygen atoms in total. The number of hydrogen-bond donors (Lipinski definition) is 4. The molecule has 2 rings (SSSR count). The summed E-state index contributed by atoms with van der Waals surface area (Å²) in [6.07, 6.45) is -0.635. The Hall–Kier alpha value is -5.14. The maximum absolute atomic E-state index is 12.9. The average molecular weight is 641 g/mol. The highest BCUT2D eigenvalue weighted by molar-refractivity contribution is 5.90. The summed E-state index contributed by atoms with van der Waals surface area (Å²) in [4.78, 5) is 77.6. The van der Waals surface area contributed by atoms with Crippen LogP contribution >= 0.6 is 0 Å². The van der Waals surface area contributed by atoms with Gasteiger partial charge < -0.3 is 40.5 Å². The number of unbranched alkanes of at least 4 members (excludes halogenated alkanes) is 1. The first-order chi connectivity index (χ1) is 22.0. The summed E-state index contributed by atoms with van der Waals surface area (Å²) in [6.45, 7) is -0.517. The summed E-state index contributed by atoms with van der Waals surface area (Å²) < 4.78 is 10.5. The van der Waals surface area contributed by atoms with Crippen molar-refractivity contribution in [3.63, 3.8) is 0 Å². The molecular formula is C32H44N6O8. The zero-order valence-corrected chi connectivity index (χ0v) is 26.7. The Morgan fingerprint density at radius 3 is 1.26 bits per heavy atom. The molecule has 250 valence electrons. The van der Waals surface area contributed by atoms with E-state index in [1.54, 1.807) is 76.7 Å². The van der Waals surface area contributed by atoms with E-state index in [1.165, 1.54) is 9.80 Å². The van der Waals surface area contributed by atoms with Gasteiger partial charge in [0.25, 0.3) is 0 Å². The lowest BCUT2D eigenvalue weighted by Gasteiger charge is -2.21. The number of carbonyl (C=O) groups excluding carboxylic acids is 6. The van der Waals surface area contributed by atoms with Crippen LogP contribution in [0.4, 0.5) is 9.59 Å². The number of likely N-dealkylation sites (N-methyl/N-ethyl adjacent to an activating group) is 2. The fraction of sp³-hybridized carbons (Fsp3) is 0.438. The summed E-state index contributed by atoms with van der Waals surface area (Å²) >= 11 is 0. The molecule has 2 aromatic carbocycles. The first kappa shape index (κ1) is 37.0. The molecular weight excluding hydrogens is 596 g/mol. The van der Waals surface area contributed by atoms with Crippen LogP contribution in [0.1, 0.15) is 36.8 Å². The van der Waals surface area contributed by atoms with Crippen LogP contribution in [0.3, 0.4) is 0 Å². The third-order valence-corrected chi connectivity index (χ3v) is 6.70. The van der Waals surface area contributed by atoms with Crippen LogP contribution in [0, 0.1) is 0 Å². The number of nitrogens with one attached hydrogen (secondary N) is 4. The summed E-state index contributed by atoms with van der Waals surface area (Å²) in [5.74, 6) is -1.81. The maximum atomic E-state index is 12.9. The normalized spacial score (nSPS) is 11.7. The molecule has 0 aliphatic rings. The minimum atomic E-state index is -1.04. The van der Waals surface area contributed by atoms with Gasteiger partial charge in [0, 0.05) is 28.2 Å². The highest BCUT2D eigenvalue weighted by Crippen LogP contribution is 2.10. The Kier molecular flexibility index (Phi) is 16.1. The van der Waals surface area contributed by atoms with Gasteiger partial charge in [-0.15, -0.1) is 0 Å². The minimum Gasteiger partial charge on any atom is -0.445 e. The molecule has 0 heterocycles. The fourth-order valence-corrected chi connectivity index (χ4v) is 3.94. The molecule has 2 atom stereocenters. The van der Waals surface area contributed by atoms with Crippen molar-refractivity contribution in [3.05, 3.63) is 71.8 Å². The van der Waals surface area contributed by atoms with Gasteiger partial charge in [-0.05, 0) is 24.0 Å². The zero-order chi connectivity index (χ0) is 33.9. The number of benzene rings is 2. The van der Waals surface area contributed by atoms with E-state index in [2.05, 4.69) is 21.3 Å². The first-order valence-corrected chi connectivity index (χ1v) is 14.9. The third-order valence-electron chi connectivity index (χ3n) is 6.70. The molecule has 6 amide bonds. The lowest BCUT2D eigenvalue weighted by Crippen LogP contribution is -2.49. The second-order valence-electron chi connectivity index (χ2n) is 10.8. The Bertz CT molecular complexity index is 1190. The van der Waals surface area contributed by atoms with E-state index in [-0.39, 0.29) is 51.0 Å². The van der Waals surface area contributed by atoms with Gasteiger partial charge in [0.15, 0.2) is 0 Å². The molecule has 4 N–H and O–H groups in total. The molecule has 0 saturated heterocycles. The smallest absolute Gasteiger partial charge is 0.408 e. The van der Waals surface area contributed by atoms with E-state index in [1.807, 2.05) is 12.1 Å². The number of alkyl carbamates (subject to hydrolysis) is 2. The van der Waals surface area contributed by atoms with Crippen LogP contribution < -0.4 is 21.3 Å². The summed E-state index contributed by atoms with van der Waals surface area (Å²) in [7, 11) is 6.22. The molecule has 2 aromatic rings. The molecule has 0 radical (unpaired) electrons. The lowest BCUT2D eigenvalue weighted by molar-refractivity contribution is -0.131. The van der Waals surface area contributed by atoms with E-state index >= 15 is 0 Å². The topological polar surface area (TPSA) is 175 Å². The van der Waals surface area contributed by atoms with Gasteiger partial charge in [-0.2, -0.15) is 0 Å². The Morgan fingerprint density at radius 1 is 0.587 bits per heavy atom. The molecule has 0 aromatic heterocycles. The fourth-order valence-electron chi connectivity index (χ4n) is 3.94.